The van der Waals surface area contributed by atoms with Gasteiger partial charge in [-0.05, 0) is 70.0 Å². The van der Waals surface area contributed by atoms with Crippen LogP contribution in [0.5, 0.6) is 0 Å². The van der Waals surface area contributed by atoms with Crippen molar-refractivity contribution in [2.24, 2.45) is 5.92 Å². The molecule has 0 saturated carbocycles. The first-order valence-corrected chi connectivity index (χ1v) is 12.9. The molecule has 0 unspecified atom stereocenters. The van der Waals surface area contributed by atoms with Crippen LogP contribution < -0.4 is 0 Å². The maximum absolute atomic E-state index is 5.98. The van der Waals surface area contributed by atoms with Crippen molar-refractivity contribution in [3.8, 4) is 11.3 Å². The van der Waals surface area contributed by atoms with E-state index in [-0.39, 0.29) is 5.41 Å². The Morgan fingerprint density at radius 2 is 1.74 bits per heavy atom. The number of furan rings is 1. The molecular weight excluding hydrogens is 434 g/mol. The van der Waals surface area contributed by atoms with Gasteiger partial charge in [0, 0.05) is 32.6 Å². The summed E-state index contributed by atoms with van der Waals surface area (Å²) in [7, 11) is 0. The van der Waals surface area contributed by atoms with Crippen molar-refractivity contribution in [2.75, 3.05) is 0 Å². The molecule has 0 aliphatic carbocycles. The van der Waals surface area contributed by atoms with Crippen molar-refractivity contribution in [1.29, 1.82) is 0 Å². The fourth-order valence-corrected chi connectivity index (χ4v) is 6.38. The summed E-state index contributed by atoms with van der Waals surface area (Å²) in [6, 6.07) is 20.0. The maximum Gasteiger partial charge on any atom is 0.134 e. The fraction of sp³-hybridized carbons (Fsp3) is 0.258. The van der Waals surface area contributed by atoms with Crippen LogP contribution in [0.1, 0.15) is 45.7 Å². The number of benzene rings is 3. The lowest BCUT2D eigenvalue weighted by atomic mass is 9.82. The van der Waals surface area contributed by atoms with Crippen molar-refractivity contribution in [2.45, 2.75) is 46.5 Å². The van der Waals surface area contributed by atoms with Gasteiger partial charge in [0.1, 0.15) is 5.58 Å². The molecule has 0 spiro atoms. The highest BCUT2D eigenvalue weighted by atomic mass is 32.1. The zero-order chi connectivity index (χ0) is 23.6. The summed E-state index contributed by atoms with van der Waals surface area (Å²) in [6.45, 7) is 11.4. The van der Waals surface area contributed by atoms with Crippen LogP contribution in [0.25, 0.3) is 53.2 Å². The molecule has 3 heteroatoms. The normalized spacial score (nSPS) is 12.6. The summed E-state index contributed by atoms with van der Waals surface area (Å²) in [4.78, 5) is 4.90. The Balaban J connectivity index is 1.61. The van der Waals surface area contributed by atoms with Crippen LogP contribution in [-0.2, 0) is 11.8 Å². The number of nitrogens with zero attached hydrogens (tertiary/aromatic N) is 1. The van der Waals surface area contributed by atoms with Crippen LogP contribution in [0.15, 0.2) is 71.5 Å². The highest BCUT2D eigenvalue weighted by molar-refractivity contribution is 7.26. The van der Waals surface area contributed by atoms with Gasteiger partial charge in [0.25, 0.3) is 0 Å². The largest absolute Gasteiger partial charge is 0.464 e. The van der Waals surface area contributed by atoms with Gasteiger partial charge in [-0.3, -0.25) is 4.98 Å². The molecule has 0 aliphatic rings. The monoisotopic (exact) mass is 463 g/mol. The molecule has 3 heterocycles. The van der Waals surface area contributed by atoms with E-state index in [1.54, 1.807) is 0 Å². The molecule has 3 aromatic heterocycles. The zero-order valence-corrected chi connectivity index (χ0v) is 21.2. The molecule has 170 valence electrons. The Hall–Kier alpha value is -3.17. The van der Waals surface area contributed by atoms with Crippen molar-refractivity contribution in [3.63, 3.8) is 0 Å². The summed E-state index contributed by atoms with van der Waals surface area (Å²) in [6.07, 6.45) is 4.92. The Morgan fingerprint density at radius 3 is 2.53 bits per heavy atom. The number of thiophene rings is 1. The molecule has 6 aromatic rings. The number of hydrogen-bond acceptors (Lipinski definition) is 3. The third kappa shape index (κ3) is 3.42. The number of fused-ring (bicyclic) bond motifs is 5. The predicted octanol–water partition coefficient (Wildman–Crippen LogP) is 9.51. The maximum atomic E-state index is 5.98. The third-order valence-electron chi connectivity index (χ3n) is 6.73. The van der Waals surface area contributed by atoms with E-state index in [1.807, 2.05) is 23.8 Å². The molecule has 0 N–H and O–H groups in total. The average Bonchev–Trinajstić information content (AvgIpc) is 3.36. The van der Waals surface area contributed by atoms with E-state index in [0.29, 0.717) is 5.92 Å². The second kappa shape index (κ2) is 7.68. The van der Waals surface area contributed by atoms with Crippen LogP contribution in [0, 0.1) is 5.92 Å². The van der Waals surface area contributed by atoms with Crippen LogP contribution in [0.4, 0.5) is 0 Å². The Morgan fingerprint density at radius 1 is 0.912 bits per heavy atom. The fourth-order valence-electron chi connectivity index (χ4n) is 5.15. The van der Waals surface area contributed by atoms with E-state index in [2.05, 4.69) is 89.2 Å². The molecule has 34 heavy (non-hydrogen) atoms. The SMILES string of the molecule is CC(C)Cc1coc2cc3c(cc12)sc1c(-c2cc(C(C)(C)C)c4ccccc4c2)nccc13. The Labute approximate surface area is 204 Å². The zero-order valence-electron chi connectivity index (χ0n) is 20.4. The van der Waals surface area contributed by atoms with E-state index in [0.717, 1.165) is 17.7 Å². The molecule has 0 aliphatic heterocycles. The third-order valence-corrected chi connectivity index (χ3v) is 7.91. The van der Waals surface area contributed by atoms with Crippen molar-refractivity contribution in [1.82, 2.24) is 4.98 Å². The summed E-state index contributed by atoms with van der Waals surface area (Å²) in [5.74, 6) is 0.597. The van der Waals surface area contributed by atoms with E-state index in [4.69, 9.17) is 9.40 Å². The Bertz CT molecular complexity index is 1690. The smallest absolute Gasteiger partial charge is 0.134 e. The number of hydrogen-bond donors (Lipinski definition) is 0. The Kier molecular flexibility index (Phi) is 4.82. The van der Waals surface area contributed by atoms with E-state index in [1.165, 1.54) is 53.0 Å². The van der Waals surface area contributed by atoms with Crippen LogP contribution in [0.2, 0.25) is 0 Å². The number of pyridine rings is 1. The average molecular weight is 464 g/mol. The highest BCUT2D eigenvalue weighted by Gasteiger charge is 2.20. The lowest BCUT2D eigenvalue weighted by Gasteiger charge is -2.22. The summed E-state index contributed by atoms with van der Waals surface area (Å²) >= 11 is 1.84. The van der Waals surface area contributed by atoms with Gasteiger partial charge in [0.05, 0.1) is 16.7 Å². The molecule has 0 fully saturated rings. The molecular formula is C31H29NOS. The molecule has 0 radical (unpaired) electrons. The second-order valence-corrected chi connectivity index (χ2v) is 11.9. The molecule has 0 saturated heterocycles. The van der Waals surface area contributed by atoms with Gasteiger partial charge in [-0.15, -0.1) is 11.3 Å². The van der Waals surface area contributed by atoms with Gasteiger partial charge in [-0.1, -0.05) is 58.9 Å². The van der Waals surface area contributed by atoms with E-state index in [9.17, 15) is 0 Å². The van der Waals surface area contributed by atoms with Crippen LogP contribution in [-0.4, -0.2) is 4.98 Å². The number of rotatable bonds is 3. The predicted molar refractivity (Wildman–Crippen MR) is 147 cm³/mol. The van der Waals surface area contributed by atoms with E-state index < -0.39 is 0 Å². The molecule has 6 rings (SSSR count). The van der Waals surface area contributed by atoms with Gasteiger partial charge in [0.15, 0.2) is 0 Å². The standard InChI is InChI=1S/C31H29NOS/c1-18(2)12-21-17-33-27-15-25-23-10-11-32-29(30(23)34-28(25)16-24(21)27)20-13-19-8-6-7-9-22(19)26(14-20)31(3,4)5/h6-11,13-18H,12H2,1-5H3. The summed E-state index contributed by atoms with van der Waals surface area (Å²) < 4.78 is 8.51. The topological polar surface area (TPSA) is 26.0 Å². The number of aromatic nitrogens is 1. The summed E-state index contributed by atoms with van der Waals surface area (Å²) in [5, 5.41) is 6.32. The summed E-state index contributed by atoms with van der Waals surface area (Å²) in [5.41, 5.74) is 5.92. The van der Waals surface area contributed by atoms with Crippen LogP contribution >= 0.6 is 11.3 Å². The van der Waals surface area contributed by atoms with Crippen molar-refractivity contribution >= 4 is 53.3 Å². The molecule has 0 atom stereocenters. The first kappa shape index (κ1) is 21.4. The molecule has 0 bridgehead atoms. The van der Waals surface area contributed by atoms with Gasteiger partial charge in [0.2, 0.25) is 0 Å². The second-order valence-electron chi connectivity index (χ2n) is 10.8. The minimum absolute atomic E-state index is 0.0426. The van der Waals surface area contributed by atoms with Crippen molar-refractivity contribution < 1.29 is 4.42 Å². The molecule has 2 nitrogen and oxygen atoms in total. The first-order valence-electron chi connectivity index (χ1n) is 12.0. The lowest BCUT2D eigenvalue weighted by Crippen LogP contribution is -2.12. The molecule has 3 aromatic carbocycles. The first-order chi connectivity index (χ1) is 16.3. The van der Waals surface area contributed by atoms with Gasteiger partial charge < -0.3 is 4.42 Å². The van der Waals surface area contributed by atoms with Crippen LogP contribution in [0.3, 0.4) is 0 Å². The quantitative estimate of drug-likeness (QED) is 0.261. The molecule has 0 amide bonds. The van der Waals surface area contributed by atoms with Gasteiger partial charge in [-0.25, -0.2) is 0 Å². The van der Waals surface area contributed by atoms with Crippen molar-refractivity contribution in [3.05, 3.63) is 78.2 Å². The van der Waals surface area contributed by atoms with Gasteiger partial charge in [-0.2, -0.15) is 0 Å². The lowest BCUT2D eigenvalue weighted by molar-refractivity contribution is 0.594. The minimum atomic E-state index is 0.0426. The minimum Gasteiger partial charge on any atom is -0.464 e. The highest BCUT2D eigenvalue weighted by Crippen LogP contribution is 2.43. The van der Waals surface area contributed by atoms with E-state index >= 15 is 0 Å². The van der Waals surface area contributed by atoms with Gasteiger partial charge >= 0.3 is 0 Å².